The van der Waals surface area contributed by atoms with Crippen LogP contribution in [0, 0.1) is 11.8 Å². The lowest BCUT2D eigenvalue weighted by Gasteiger charge is -2.33. The number of oxazole rings is 1. The Bertz CT molecular complexity index is 923. The molecule has 4 heterocycles. The number of hydrogen-bond acceptors (Lipinski definition) is 5. The summed E-state index contributed by atoms with van der Waals surface area (Å²) < 4.78 is 7.34. The summed E-state index contributed by atoms with van der Waals surface area (Å²) in [4.78, 5) is 32.8. The van der Waals surface area contributed by atoms with Crippen LogP contribution < -0.4 is 0 Å². The molecular weight excluding hydrogens is 382 g/mol. The van der Waals surface area contributed by atoms with Crippen LogP contribution in [0.25, 0.3) is 11.4 Å². The van der Waals surface area contributed by atoms with E-state index >= 15 is 0 Å². The lowest BCUT2D eigenvalue weighted by atomic mass is 9.92. The summed E-state index contributed by atoms with van der Waals surface area (Å²) in [5.74, 6) is 1.44. The van der Waals surface area contributed by atoms with Gasteiger partial charge < -0.3 is 14.2 Å². The van der Waals surface area contributed by atoms with E-state index in [4.69, 9.17) is 9.52 Å². The van der Waals surface area contributed by atoms with Crippen molar-refractivity contribution < 1.29 is 14.0 Å². The molecule has 1 saturated heterocycles. The maximum atomic E-state index is 13.1. The van der Waals surface area contributed by atoms with Crippen LogP contribution >= 0.6 is 0 Å². The van der Waals surface area contributed by atoms with Gasteiger partial charge in [-0.05, 0) is 37.5 Å². The minimum Gasteiger partial charge on any atom is -0.451 e. The van der Waals surface area contributed by atoms with Crippen molar-refractivity contribution in [3.63, 3.8) is 0 Å². The number of fused-ring (bicyclic) bond motifs is 1. The smallest absolute Gasteiger partial charge is 0.223 e. The van der Waals surface area contributed by atoms with Gasteiger partial charge in [0.15, 0.2) is 6.39 Å². The van der Waals surface area contributed by atoms with Crippen molar-refractivity contribution in [1.82, 2.24) is 24.6 Å². The molecule has 0 N–H and O–H groups in total. The number of carbonyl (C=O) groups is 2. The second-order valence-electron chi connectivity index (χ2n) is 8.99. The fraction of sp³-hybridized carbons (Fsp3) is 0.636. The monoisotopic (exact) mass is 411 g/mol. The van der Waals surface area contributed by atoms with Crippen LogP contribution in [-0.4, -0.2) is 56.0 Å². The summed E-state index contributed by atoms with van der Waals surface area (Å²) in [6.45, 7) is 5.44. The first kappa shape index (κ1) is 19.3. The van der Waals surface area contributed by atoms with E-state index in [0.29, 0.717) is 18.9 Å². The van der Waals surface area contributed by atoms with Crippen molar-refractivity contribution in [3.8, 4) is 11.4 Å². The van der Waals surface area contributed by atoms with E-state index in [1.54, 1.807) is 13.2 Å². The van der Waals surface area contributed by atoms with Gasteiger partial charge in [-0.15, -0.1) is 0 Å². The summed E-state index contributed by atoms with van der Waals surface area (Å²) >= 11 is 0. The topological polar surface area (TPSA) is 84.5 Å². The summed E-state index contributed by atoms with van der Waals surface area (Å²) in [5.41, 5.74) is 3.97. The Balaban J connectivity index is 1.29. The maximum Gasteiger partial charge on any atom is 0.223 e. The average Bonchev–Trinajstić information content (AvgIpc) is 3.26. The van der Waals surface area contributed by atoms with E-state index < -0.39 is 0 Å². The highest BCUT2D eigenvalue weighted by Crippen LogP contribution is 2.35. The molecule has 8 heteroatoms. The van der Waals surface area contributed by atoms with Crippen LogP contribution in [0.5, 0.6) is 0 Å². The van der Waals surface area contributed by atoms with E-state index in [9.17, 15) is 9.59 Å². The zero-order valence-electron chi connectivity index (χ0n) is 17.5. The molecule has 1 aliphatic carbocycles. The molecule has 1 saturated carbocycles. The number of piperidine rings is 1. The van der Waals surface area contributed by atoms with Crippen LogP contribution in [0.1, 0.15) is 50.3 Å². The van der Waals surface area contributed by atoms with Gasteiger partial charge in [-0.25, -0.2) is 4.98 Å². The largest absolute Gasteiger partial charge is 0.451 e. The van der Waals surface area contributed by atoms with E-state index in [2.05, 4.69) is 9.67 Å². The van der Waals surface area contributed by atoms with Gasteiger partial charge in [0.1, 0.15) is 17.7 Å². The zero-order valence-corrected chi connectivity index (χ0v) is 17.5. The Morgan fingerprint density at radius 2 is 1.90 bits per heavy atom. The lowest BCUT2D eigenvalue weighted by molar-refractivity contribution is -0.134. The van der Waals surface area contributed by atoms with Gasteiger partial charge in [-0.3, -0.25) is 14.3 Å². The minimum absolute atomic E-state index is 0.131. The van der Waals surface area contributed by atoms with Gasteiger partial charge in [0, 0.05) is 63.7 Å². The number of aromatic nitrogens is 3. The Morgan fingerprint density at radius 1 is 1.10 bits per heavy atom. The quantitative estimate of drug-likeness (QED) is 0.755. The first-order chi connectivity index (χ1) is 14.6. The van der Waals surface area contributed by atoms with Gasteiger partial charge in [0.05, 0.1) is 0 Å². The normalized spacial score (nSPS) is 19.8. The van der Waals surface area contributed by atoms with Crippen LogP contribution in [0.2, 0.25) is 0 Å². The molecule has 0 spiro atoms. The third-order valence-corrected chi connectivity index (χ3v) is 6.81. The molecule has 3 aliphatic rings. The molecule has 2 aliphatic heterocycles. The van der Waals surface area contributed by atoms with Crippen molar-refractivity contribution in [2.24, 2.45) is 11.8 Å². The first-order valence-electron chi connectivity index (χ1n) is 11.1. The van der Waals surface area contributed by atoms with Crippen LogP contribution in [0.3, 0.4) is 0 Å². The molecule has 2 fully saturated rings. The predicted octanol–water partition coefficient (Wildman–Crippen LogP) is 2.48. The highest BCUT2D eigenvalue weighted by atomic mass is 16.3. The molecule has 0 atom stereocenters. The van der Waals surface area contributed by atoms with E-state index in [1.807, 2.05) is 9.80 Å². The summed E-state index contributed by atoms with van der Waals surface area (Å²) in [7, 11) is 0. The number of amides is 2. The van der Waals surface area contributed by atoms with E-state index in [1.165, 1.54) is 24.9 Å². The highest BCUT2D eigenvalue weighted by molar-refractivity contribution is 5.77. The predicted molar refractivity (Wildman–Crippen MR) is 109 cm³/mol. The Morgan fingerprint density at radius 3 is 2.57 bits per heavy atom. The van der Waals surface area contributed by atoms with Crippen molar-refractivity contribution in [2.45, 2.75) is 58.5 Å². The van der Waals surface area contributed by atoms with Gasteiger partial charge in [-0.2, -0.15) is 5.10 Å². The zero-order chi connectivity index (χ0) is 20.7. The third-order valence-electron chi connectivity index (χ3n) is 6.81. The van der Waals surface area contributed by atoms with Crippen LogP contribution in [0.15, 0.2) is 17.1 Å². The number of nitrogens with zero attached hydrogens (tertiary/aromatic N) is 5. The number of carbonyl (C=O) groups excluding carboxylic acids is 2. The first-order valence-corrected chi connectivity index (χ1v) is 11.1. The SMILES string of the molecule is CC(=O)N1CCC(CC(=O)N2CCc3c(c(-c4cocn4)nn3CC3CC3)C2)CC1. The lowest BCUT2D eigenvalue weighted by Crippen LogP contribution is -2.40. The standard InChI is InChI=1S/C22H29N5O3/c1-15(28)25-7-4-16(5-8-25)10-21(29)26-9-6-20-18(12-26)22(19-13-30-14-23-19)24-27(20)11-17-2-3-17/h13-14,16-17H,2-12H2,1H3. The Hall–Kier alpha value is -2.64. The summed E-state index contributed by atoms with van der Waals surface area (Å²) in [5, 5.41) is 4.87. The summed E-state index contributed by atoms with van der Waals surface area (Å²) in [6.07, 6.45) is 8.84. The van der Waals surface area contributed by atoms with Crippen molar-refractivity contribution >= 4 is 11.8 Å². The Kier molecular flexibility index (Phi) is 5.08. The molecule has 0 radical (unpaired) electrons. The number of rotatable bonds is 5. The maximum absolute atomic E-state index is 13.1. The fourth-order valence-corrected chi connectivity index (χ4v) is 4.76. The van der Waals surface area contributed by atoms with Gasteiger partial charge in [0.2, 0.25) is 11.8 Å². The average molecular weight is 412 g/mol. The van der Waals surface area contributed by atoms with Crippen LogP contribution in [0.4, 0.5) is 0 Å². The molecule has 30 heavy (non-hydrogen) atoms. The van der Waals surface area contributed by atoms with Crippen molar-refractivity contribution in [1.29, 1.82) is 0 Å². The van der Waals surface area contributed by atoms with E-state index in [0.717, 1.165) is 68.3 Å². The van der Waals surface area contributed by atoms with Crippen molar-refractivity contribution in [2.75, 3.05) is 19.6 Å². The molecule has 5 rings (SSSR count). The molecule has 2 aromatic rings. The molecule has 0 unspecified atom stereocenters. The van der Waals surface area contributed by atoms with Gasteiger partial charge in [0.25, 0.3) is 0 Å². The minimum atomic E-state index is 0.131. The van der Waals surface area contributed by atoms with Crippen molar-refractivity contribution in [3.05, 3.63) is 23.9 Å². The Labute approximate surface area is 176 Å². The van der Waals surface area contributed by atoms with Gasteiger partial charge in [-0.1, -0.05) is 0 Å². The molecule has 160 valence electrons. The van der Waals surface area contributed by atoms with Crippen LogP contribution in [-0.2, 0) is 29.1 Å². The van der Waals surface area contributed by atoms with Gasteiger partial charge >= 0.3 is 0 Å². The summed E-state index contributed by atoms with van der Waals surface area (Å²) in [6, 6.07) is 0. The molecule has 0 aromatic carbocycles. The highest BCUT2D eigenvalue weighted by Gasteiger charge is 2.32. The molecule has 2 amide bonds. The second kappa shape index (κ2) is 7.89. The number of hydrogen-bond donors (Lipinski definition) is 0. The molecule has 8 nitrogen and oxygen atoms in total. The second-order valence-corrected chi connectivity index (χ2v) is 8.99. The molecule has 0 bridgehead atoms. The third kappa shape index (κ3) is 3.87. The number of likely N-dealkylation sites (tertiary alicyclic amines) is 1. The fourth-order valence-electron chi connectivity index (χ4n) is 4.76. The molecular formula is C22H29N5O3. The van der Waals surface area contributed by atoms with E-state index in [-0.39, 0.29) is 11.8 Å². The molecule has 2 aromatic heterocycles.